The van der Waals surface area contributed by atoms with Crippen molar-refractivity contribution in [2.24, 2.45) is 5.92 Å². The Bertz CT molecular complexity index is 357. The molecule has 2 rings (SSSR count). The van der Waals surface area contributed by atoms with Crippen molar-refractivity contribution in [3.05, 3.63) is 29.8 Å². The van der Waals surface area contributed by atoms with Crippen molar-refractivity contribution in [1.29, 1.82) is 0 Å². The van der Waals surface area contributed by atoms with Gasteiger partial charge in [0.05, 0.1) is 5.60 Å². The lowest BCUT2D eigenvalue weighted by Crippen LogP contribution is -2.26. The minimum Gasteiger partial charge on any atom is -0.508 e. The Morgan fingerprint density at radius 2 is 2.31 bits per heavy atom. The van der Waals surface area contributed by atoms with Gasteiger partial charge in [-0.1, -0.05) is 12.1 Å². The highest BCUT2D eigenvalue weighted by molar-refractivity contribution is 5.30. The van der Waals surface area contributed by atoms with Crippen LogP contribution in [-0.4, -0.2) is 23.3 Å². The number of benzene rings is 1. The molecule has 0 amide bonds. The fraction of sp³-hybridized carbons (Fsp3) is 0.538. The van der Waals surface area contributed by atoms with Crippen LogP contribution in [0.5, 0.6) is 5.75 Å². The summed E-state index contributed by atoms with van der Waals surface area (Å²) in [6, 6.07) is 6.90. The maximum absolute atomic E-state index is 10.4. The zero-order valence-electron chi connectivity index (χ0n) is 9.61. The molecule has 0 aromatic heterocycles. The predicted molar refractivity (Wildman–Crippen MR) is 63.3 cm³/mol. The molecular weight excluding hydrogens is 202 g/mol. The molecule has 0 aliphatic carbocycles. The van der Waals surface area contributed by atoms with Crippen LogP contribution < -0.4 is 5.32 Å². The fourth-order valence-electron chi connectivity index (χ4n) is 2.41. The molecule has 1 fully saturated rings. The van der Waals surface area contributed by atoms with Gasteiger partial charge in [-0.15, -0.1) is 0 Å². The lowest BCUT2D eigenvalue weighted by atomic mass is 9.85. The largest absolute Gasteiger partial charge is 0.508 e. The zero-order valence-corrected chi connectivity index (χ0v) is 9.61. The standard InChI is InChI=1S/C13H19NO2/c1-13(16,8-10-5-6-14-9-10)11-3-2-4-12(15)7-11/h2-4,7,10,14-16H,5-6,8-9H2,1H3. The Labute approximate surface area is 96.1 Å². The minimum atomic E-state index is -0.852. The van der Waals surface area contributed by atoms with Gasteiger partial charge < -0.3 is 15.5 Å². The van der Waals surface area contributed by atoms with Crippen LogP contribution in [0.25, 0.3) is 0 Å². The van der Waals surface area contributed by atoms with E-state index in [1.54, 1.807) is 18.2 Å². The number of hydrogen-bond donors (Lipinski definition) is 3. The van der Waals surface area contributed by atoms with E-state index in [1.807, 2.05) is 13.0 Å². The first kappa shape index (κ1) is 11.4. The molecule has 0 saturated carbocycles. The van der Waals surface area contributed by atoms with E-state index in [9.17, 15) is 10.2 Å². The van der Waals surface area contributed by atoms with Crippen LogP contribution in [0.1, 0.15) is 25.3 Å². The second-order valence-electron chi connectivity index (χ2n) is 4.89. The summed E-state index contributed by atoms with van der Waals surface area (Å²) in [4.78, 5) is 0. The van der Waals surface area contributed by atoms with Crippen LogP contribution in [0.15, 0.2) is 24.3 Å². The van der Waals surface area contributed by atoms with Gasteiger partial charge in [0.1, 0.15) is 5.75 Å². The van der Waals surface area contributed by atoms with Crippen LogP contribution in [0.3, 0.4) is 0 Å². The molecule has 16 heavy (non-hydrogen) atoms. The average molecular weight is 221 g/mol. The van der Waals surface area contributed by atoms with Gasteiger partial charge in [-0.25, -0.2) is 0 Å². The van der Waals surface area contributed by atoms with Gasteiger partial charge in [-0.05, 0) is 56.5 Å². The number of aromatic hydroxyl groups is 1. The summed E-state index contributed by atoms with van der Waals surface area (Å²) < 4.78 is 0. The summed E-state index contributed by atoms with van der Waals surface area (Å²) >= 11 is 0. The van der Waals surface area contributed by atoms with E-state index in [-0.39, 0.29) is 5.75 Å². The highest BCUT2D eigenvalue weighted by atomic mass is 16.3. The number of rotatable bonds is 3. The molecule has 1 aromatic rings. The molecule has 3 heteroatoms. The molecule has 3 N–H and O–H groups in total. The molecular formula is C13H19NO2. The maximum atomic E-state index is 10.4. The smallest absolute Gasteiger partial charge is 0.115 e. The Balaban J connectivity index is 2.10. The first-order chi connectivity index (χ1) is 7.58. The van der Waals surface area contributed by atoms with Gasteiger partial charge in [-0.3, -0.25) is 0 Å². The molecule has 1 heterocycles. The van der Waals surface area contributed by atoms with Gasteiger partial charge in [0, 0.05) is 0 Å². The van der Waals surface area contributed by atoms with Crippen LogP contribution >= 0.6 is 0 Å². The molecule has 1 aliphatic rings. The van der Waals surface area contributed by atoms with Gasteiger partial charge in [0.2, 0.25) is 0 Å². The Kier molecular flexibility index (Phi) is 3.17. The molecule has 88 valence electrons. The molecule has 3 nitrogen and oxygen atoms in total. The van der Waals surface area contributed by atoms with Crippen LogP contribution in [0.2, 0.25) is 0 Å². The number of phenols is 1. The van der Waals surface area contributed by atoms with Crippen molar-refractivity contribution in [3.63, 3.8) is 0 Å². The number of phenolic OH excluding ortho intramolecular Hbond substituents is 1. The number of aliphatic hydroxyl groups is 1. The maximum Gasteiger partial charge on any atom is 0.115 e. The van der Waals surface area contributed by atoms with Crippen molar-refractivity contribution < 1.29 is 10.2 Å². The third kappa shape index (κ3) is 2.54. The number of hydrogen-bond acceptors (Lipinski definition) is 3. The molecule has 1 saturated heterocycles. The average Bonchev–Trinajstić information content (AvgIpc) is 2.70. The monoisotopic (exact) mass is 221 g/mol. The second kappa shape index (κ2) is 4.44. The number of nitrogens with one attached hydrogen (secondary N) is 1. The Hall–Kier alpha value is -1.06. The van der Waals surface area contributed by atoms with Crippen LogP contribution in [-0.2, 0) is 5.60 Å². The summed E-state index contributed by atoms with van der Waals surface area (Å²) in [6.07, 6.45) is 1.86. The highest BCUT2D eigenvalue weighted by Crippen LogP contribution is 2.31. The zero-order chi connectivity index (χ0) is 11.6. The van der Waals surface area contributed by atoms with Crippen molar-refractivity contribution in [2.75, 3.05) is 13.1 Å². The molecule has 0 radical (unpaired) electrons. The topological polar surface area (TPSA) is 52.5 Å². The van der Waals surface area contributed by atoms with Crippen LogP contribution in [0, 0.1) is 5.92 Å². The van der Waals surface area contributed by atoms with Crippen molar-refractivity contribution in [3.8, 4) is 5.75 Å². The van der Waals surface area contributed by atoms with E-state index in [4.69, 9.17) is 0 Å². The Morgan fingerprint density at radius 3 is 2.94 bits per heavy atom. The fourth-order valence-corrected chi connectivity index (χ4v) is 2.41. The lowest BCUT2D eigenvalue weighted by molar-refractivity contribution is 0.0324. The molecule has 0 spiro atoms. The van der Waals surface area contributed by atoms with E-state index in [1.165, 1.54) is 0 Å². The third-order valence-electron chi connectivity index (χ3n) is 3.32. The van der Waals surface area contributed by atoms with E-state index >= 15 is 0 Å². The van der Waals surface area contributed by atoms with Crippen molar-refractivity contribution in [2.45, 2.75) is 25.4 Å². The summed E-state index contributed by atoms with van der Waals surface area (Å²) in [5.74, 6) is 0.736. The van der Waals surface area contributed by atoms with Gasteiger partial charge in [-0.2, -0.15) is 0 Å². The summed E-state index contributed by atoms with van der Waals surface area (Å²) in [6.45, 7) is 3.84. The molecule has 2 atom stereocenters. The van der Waals surface area contributed by atoms with E-state index in [0.717, 1.165) is 31.5 Å². The SMILES string of the molecule is CC(O)(CC1CCNC1)c1cccc(O)c1. The van der Waals surface area contributed by atoms with Gasteiger partial charge in [0.15, 0.2) is 0 Å². The summed E-state index contributed by atoms with van der Waals surface area (Å²) in [5, 5.41) is 23.1. The minimum absolute atomic E-state index is 0.210. The van der Waals surface area contributed by atoms with Gasteiger partial charge in [0.25, 0.3) is 0 Å². The summed E-state index contributed by atoms with van der Waals surface area (Å²) in [7, 11) is 0. The first-order valence-electron chi connectivity index (χ1n) is 5.80. The normalized spacial score (nSPS) is 24.2. The second-order valence-corrected chi connectivity index (χ2v) is 4.89. The molecule has 1 aromatic carbocycles. The quantitative estimate of drug-likeness (QED) is 0.726. The van der Waals surface area contributed by atoms with Gasteiger partial charge >= 0.3 is 0 Å². The Morgan fingerprint density at radius 1 is 1.50 bits per heavy atom. The molecule has 2 unspecified atom stereocenters. The van der Waals surface area contributed by atoms with E-state index in [2.05, 4.69) is 5.32 Å². The molecule has 0 bridgehead atoms. The predicted octanol–water partition coefficient (Wildman–Crippen LogP) is 1.60. The van der Waals surface area contributed by atoms with E-state index < -0.39 is 5.60 Å². The van der Waals surface area contributed by atoms with E-state index in [0.29, 0.717) is 5.92 Å². The first-order valence-corrected chi connectivity index (χ1v) is 5.80. The molecule has 1 aliphatic heterocycles. The lowest BCUT2D eigenvalue weighted by Gasteiger charge is -2.27. The highest BCUT2D eigenvalue weighted by Gasteiger charge is 2.29. The van der Waals surface area contributed by atoms with Crippen LogP contribution in [0.4, 0.5) is 0 Å². The third-order valence-corrected chi connectivity index (χ3v) is 3.32. The van der Waals surface area contributed by atoms with Crippen molar-refractivity contribution >= 4 is 0 Å². The summed E-state index contributed by atoms with van der Waals surface area (Å²) in [5.41, 5.74) is -0.0606. The van der Waals surface area contributed by atoms with Crippen molar-refractivity contribution in [1.82, 2.24) is 5.32 Å².